The van der Waals surface area contributed by atoms with Crippen molar-refractivity contribution in [3.8, 4) is 0 Å². The largest absolute Gasteiger partial charge is 0.395 e. The van der Waals surface area contributed by atoms with E-state index in [9.17, 15) is 13.6 Å². The summed E-state index contributed by atoms with van der Waals surface area (Å²) < 4.78 is 26.8. The molecule has 0 saturated heterocycles. The minimum Gasteiger partial charge on any atom is -0.395 e. The van der Waals surface area contributed by atoms with Gasteiger partial charge in [-0.25, -0.2) is 8.78 Å². The number of rotatable bonds is 6. The second-order valence-corrected chi connectivity index (χ2v) is 4.92. The Kier molecular flexibility index (Phi) is 5.03. The molecule has 4 nitrogen and oxygen atoms in total. The molecule has 110 valence electrons. The lowest BCUT2D eigenvalue weighted by Gasteiger charge is -2.36. The molecule has 1 saturated carbocycles. The first-order valence-electron chi connectivity index (χ1n) is 6.70. The van der Waals surface area contributed by atoms with Crippen LogP contribution >= 0.6 is 0 Å². The number of aliphatic hydroxyl groups is 1. The summed E-state index contributed by atoms with van der Waals surface area (Å²) in [6.45, 7) is 0.370. The molecular formula is C14H18F2N2O2. The molecule has 0 spiro atoms. The maximum absolute atomic E-state index is 13.4. The number of carbonyl (C=O) groups is 1. The van der Waals surface area contributed by atoms with E-state index in [1.807, 2.05) is 4.90 Å². The van der Waals surface area contributed by atoms with Crippen LogP contribution in [0.5, 0.6) is 0 Å². The third-order valence-electron chi connectivity index (χ3n) is 3.55. The van der Waals surface area contributed by atoms with Gasteiger partial charge in [0.2, 0.25) is 5.91 Å². The topological polar surface area (TPSA) is 52.6 Å². The zero-order valence-electron chi connectivity index (χ0n) is 11.1. The summed E-state index contributed by atoms with van der Waals surface area (Å²) in [6, 6.07) is 3.71. The minimum atomic E-state index is -0.796. The van der Waals surface area contributed by atoms with Crippen molar-refractivity contribution in [1.29, 1.82) is 0 Å². The van der Waals surface area contributed by atoms with Crippen molar-refractivity contribution in [1.82, 2.24) is 4.90 Å². The number of carbonyl (C=O) groups excluding carboxylic acids is 1. The fourth-order valence-corrected chi connectivity index (χ4v) is 2.25. The molecule has 2 rings (SSSR count). The van der Waals surface area contributed by atoms with Crippen LogP contribution in [-0.4, -0.2) is 41.7 Å². The standard InChI is InChI=1S/C14H18F2N2O2/c15-11-5-2-6-12(16)14(11)17-13(20)9-18(7-8-19)10-3-1-4-10/h2,5-6,10,19H,1,3-4,7-9H2,(H,17,20). The van der Waals surface area contributed by atoms with E-state index in [0.717, 1.165) is 31.4 Å². The number of para-hydroxylation sites is 1. The third kappa shape index (κ3) is 3.52. The van der Waals surface area contributed by atoms with Crippen molar-refractivity contribution in [2.24, 2.45) is 0 Å². The van der Waals surface area contributed by atoms with E-state index < -0.39 is 23.2 Å². The number of nitrogens with one attached hydrogen (secondary N) is 1. The normalized spacial score (nSPS) is 15.2. The zero-order valence-corrected chi connectivity index (χ0v) is 11.1. The van der Waals surface area contributed by atoms with Crippen molar-refractivity contribution >= 4 is 11.6 Å². The Morgan fingerprint density at radius 1 is 1.35 bits per heavy atom. The van der Waals surface area contributed by atoms with E-state index in [-0.39, 0.29) is 19.2 Å². The second-order valence-electron chi connectivity index (χ2n) is 4.92. The molecule has 1 aliphatic carbocycles. The summed E-state index contributed by atoms with van der Waals surface area (Å²) in [5.41, 5.74) is -0.421. The van der Waals surface area contributed by atoms with Crippen molar-refractivity contribution < 1.29 is 18.7 Å². The number of hydrogen-bond acceptors (Lipinski definition) is 3. The summed E-state index contributed by atoms with van der Waals surface area (Å²) in [6.07, 6.45) is 3.08. The molecule has 6 heteroatoms. The Morgan fingerprint density at radius 2 is 2.00 bits per heavy atom. The molecule has 0 aliphatic heterocycles. The molecule has 1 aromatic rings. The van der Waals surface area contributed by atoms with Crippen molar-refractivity contribution in [2.75, 3.05) is 25.0 Å². The summed E-state index contributed by atoms with van der Waals surface area (Å²) in [7, 11) is 0. The Hall–Kier alpha value is -1.53. The zero-order chi connectivity index (χ0) is 14.5. The Labute approximate surface area is 116 Å². The van der Waals surface area contributed by atoms with Gasteiger partial charge in [-0.15, -0.1) is 0 Å². The average Bonchev–Trinajstić information content (AvgIpc) is 2.32. The van der Waals surface area contributed by atoms with Crippen LogP contribution < -0.4 is 5.32 Å². The Balaban J connectivity index is 1.96. The lowest BCUT2D eigenvalue weighted by atomic mass is 9.91. The van der Waals surface area contributed by atoms with Crippen LogP contribution in [-0.2, 0) is 4.79 Å². The summed E-state index contributed by atoms with van der Waals surface area (Å²) in [5, 5.41) is 11.3. The number of aliphatic hydroxyl groups excluding tert-OH is 1. The number of benzene rings is 1. The maximum Gasteiger partial charge on any atom is 0.238 e. The monoisotopic (exact) mass is 284 g/mol. The van der Waals surface area contributed by atoms with Gasteiger partial charge in [0.05, 0.1) is 13.2 Å². The van der Waals surface area contributed by atoms with Gasteiger partial charge in [0.15, 0.2) is 0 Å². The van der Waals surface area contributed by atoms with Crippen molar-refractivity contribution in [3.05, 3.63) is 29.8 Å². The van der Waals surface area contributed by atoms with Gasteiger partial charge < -0.3 is 10.4 Å². The fourth-order valence-electron chi connectivity index (χ4n) is 2.25. The van der Waals surface area contributed by atoms with E-state index >= 15 is 0 Å². The number of amides is 1. The van der Waals surface area contributed by atoms with Gasteiger partial charge in [-0.3, -0.25) is 9.69 Å². The van der Waals surface area contributed by atoms with E-state index in [1.54, 1.807) is 0 Å². The highest BCUT2D eigenvalue weighted by molar-refractivity contribution is 5.92. The van der Waals surface area contributed by atoms with Gasteiger partial charge in [0.1, 0.15) is 17.3 Å². The van der Waals surface area contributed by atoms with Crippen LogP contribution in [0, 0.1) is 11.6 Å². The van der Waals surface area contributed by atoms with Gasteiger partial charge >= 0.3 is 0 Å². The molecule has 20 heavy (non-hydrogen) atoms. The molecule has 0 atom stereocenters. The molecule has 1 amide bonds. The highest BCUT2D eigenvalue weighted by atomic mass is 19.1. The molecule has 0 aromatic heterocycles. The van der Waals surface area contributed by atoms with E-state index in [4.69, 9.17) is 5.11 Å². The molecule has 1 aromatic carbocycles. The molecule has 1 aliphatic rings. The number of nitrogens with zero attached hydrogens (tertiary/aromatic N) is 1. The van der Waals surface area contributed by atoms with Gasteiger partial charge in [-0.2, -0.15) is 0 Å². The summed E-state index contributed by atoms with van der Waals surface area (Å²) in [5.74, 6) is -2.07. The molecule has 0 heterocycles. The van der Waals surface area contributed by atoms with Crippen molar-refractivity contribution in [3.63, 3.8) is 0 Å². The van der Waals surface area contributed by atoms with Gasteiger partial charge in [-0.05, 0) is 25.0 Å². The molecule has 0 radical (unpaired) electrons. The van der Waals surface area contributed by atoms with E-state index in [2.05, 4.69) is 5.32 Å². The Bertz CT molecular complexity index is 458. The highest BCUT2D eigenvalue weighted by Crippen LogP contribution is 2.24. The van der Waals surface area contributed by atoms with Crippen LogP contribution in [0.2, 0.25) is 0 Å². The lowest BCUT2D eigenvalue weighted by Crippen LogP contribution is -2.45. The maximum atomic E-state index is 13.4. The van der Waals surface area contributed by atoms with Gasteiger partial charge in [0.25, 0.3) is 0 Å². The average molecular weight is 284 g/mol. The lowest BCUT2D eigenvalue weighted by molar-refractivity contribution is -0.118. The van der Waals surface area contributed by atoms with E-state index in [1.165, 1.54) is 6.07 Å². The molecule has 0 bridgehead atoms. The summed E-state index contributed by atoms with van der Waals surface area (Å²) in [4.78, 5) is 13.7. The smallest absolute Gasteiger partial charge is 0.238 e. The predicted octanol–water partition coefficient (Wildman–Crippen LogP) is 1.75. The van der Waals surface area contributed by atoms with Gasteiger partial charge in [0, 0.05) is 12.6 Å². The molecular weight excluding hydrogens is 266 g/mol. The van der Waals surface area contributed by atoms with Crippen molar-refractivity contribution in [2.45, 2.75) is 25.3 Å². The van der Waals surface area contributed by atoms with Crippen LogP contribution in [0.25, 0.3) is 0 Å². The SMILES string of the molecule is O=C(CN(CCO)C1CCC1)Nc1c(F)cccc1F. The van der Waals surface area contributed by atoms with E-state index in [0.29, 0.717) is 6.54 Å². The predicted molar refractivity (Wildman–Crippen MR) is 71.3 cm³/mol. The quantitative estimate of drug-likeness (QED) is 0.837. The third-order valence-corrected chi connectivity index (χ3v) is 3.55. The second kappa shape index (κ2) is 6.76. The Morgan fingerprint density at radius 3 is 2.50 bits per heavy atom. The van der Waals surface area contributed by atoms with Crippen LogP contribution in [0.15, 0.2) is 18.2 Å². The van der Waals surface area contributed by atoms with Crippen LogP contribution in [0.4, 0.5) is 14.5 Å². The molecule has 0 unspecified atom stereocenters. The van der Waals surface area contributed by atoms with Gasteiger partial charge in [-0.1, -0.05) is 12.5 Å². The minimum absolute atomic E-state index is 0.0268. The first-order valence-corrected chi connectivity index (χ1v) is 6.70. The van der Waals surface area contributed by atoms with Crippen LogP contribution in [0.1, 0.15) is 19.3 Å². The number of halogens is 2. The first-order chi connectivity index (χ1) is 9.61. The van der Waals surface area contributed by atoms with Crippen LogP contribution in [0.3, 0.4) is 0 Å². The molecule has 2 N–H and O–H groups in total. The number of anilines is 1. The first kappa shape index (κ1) is 14.9. The highest BCUT2D eigenvalue weighted by Gasteiger charge is 2.26. The molecule has 1 fully saturated rings. The summed E-state index contributed by atoms with van der Waals surface area (Å²) >= 11 is 0. The fraction of sp³-hybridized carbons (Fsp3) is 0.500. The number of hydrogen-bond donors (Lipinski definition) is 2.